The maximum Gasteiger partial charge on any atom is 0.573 e. The van der Waals surface area contributed by atoms with Crippen LogP contribution < -0.4 is 4.74 Å². The SMILES string of the molecule is CC(C)n1cc(-c2cc(O)ccc2OC(F)(F)F)cn1. The van der Waals surface area contributed by atoms with Gasteiger partial charge in [-0.25, -0.2) is 0 Å². The van der Waals surface area contributed by atoms with Crippen LogP contribution in [0.2, 0.25) is 0 Å². The van der Waals surface area contributed by atoms with E-state index >= 15 is 0 Å². The summed E-state index contributed by atoms with van der Waals surface area (Å²) in [5, 5.41) is 13.5. The lowest BCUT2D eigenvalue weighted by Crippen LogP contribution is -2.17. The molecule has 2 aromatic rings. The van der Waals surface area contributed by atoms with E-state index in [9.17, 15) is 18.3 Å². The number of nitrogens with zero attached hydrogens (tertiary/aromatic N) is 2. The van der Waals surface area contributed by atoms with Crippen LogP contribution in [-0.4, -0.2) is 21.2 Å². The van der Waals surface area contributed by atoms with Crippen molar-refractivity contribution in [2.75, 3.05) is 0 Å². The van der Waals surface area contributed by atoms with Gasteiger partial charge in [0.05, 0.1) is 6.20 Å². The predicted molar refractivity (Wildman–Crippen MR) is 66.4 cm³/mol. The summed E-state index contributed by atoms with van der Waals surface area (Å²) in [4.78, 5) is 0. The molecule has 0 saturated carbocycles. The molecule has 0 aliphatic heterocycles. The summed E-state index contributed by atoms with van der Waals surface area (Å²) in [5.74, 6) is -0.523. The molecule has 0 fully saturated rings. The van der Waals surface area contributed by atoms with Gasteiger partial charge >= 0.3 is 6.36 Å². The Balaban J connectivity index is 2.45. The lowest BCUT2D eigenvalue weighted by molar-refractivity contribution is -0.274. The van der Waals surface area contributed by atoms with Crippen LogP contribution in [-0.2, 0) is 0 Å². The molecule has 0 saturated heterocycles. The minimum absolute atomic E-state index is 0.0769. The van der Waals surface area contributed by atoms with Crippen LogP contribution in [0.15, 0.2) is 30.6 Å². The van der Waals surface area contributed by atoms with Crippen molar-refractivity contribution in [2.24, 2.45) is 0 Å². The summed E-state index contributed by atoms with van der Waals surface area (Å²) in [6, 6.07) is 3.50. The van der Waals surface area contributed by atoms with E-state index in [1.165, 1.54) is 12.3 Å². The van der Waals surface area contributed by atoms with E-state index in [-0.39, 0.29) is 23.1 Å². The number of aromatic hydroxyl groups is 1. The topological polar surface area (TPSA) is 47.3 Å². The van der Waals surface area contributed by atoms with Crippen LogP contribution >= 0.6 is 0 Å². The first-order chi connectivity index (χ1) is 9.26. The third kappa shape index (κ3) is 3.23. The zero-order chi connectivity index (χ0) is 14.9. The monoisotopic (exact) mass is 286 g/mol. The molecule has 0 bridgehead atoms. The highest BCUT2D eigenvalue weighted by molar-refractivity contribution is 5.71. The van der Waals surface area contributed by atoms with Gasteiger partial charge in [-0.15, -0.1) is 13.2 Å². The summed E-state index contributed by atoms with van der Waals surface area (Å²) in [6.07, 6.45) is -1.76. The second-order valence-corrected chi connectivity index (χ2v) is 4.53. The first-order valence-electron chi connectivity index (χ1n) is 5.89. The van der Waals surface area contributed by atoms with Crippen LogP contribution in [0.1, 0.15) is 19.9 Å². The Morgan fingerprint density at radius 1 is 1.30 bits per heavy atom. The van der Waals surface area contributed by atoms with Crippen LogP contribution in [0.25, 0.3) is 11.1 Å². The van der Waals surface area contributed by atoms with Crippen molar-refractivity contribution < 1.29 is 23.0 Å². The Bertz CT molecular complexity index is 606. The second kappa shape index (κ2) is 5.07. The van der Waals surface area contributed by atoms with Gasteiger partial charge in [0.1, 0.15) is 11.5 Å². The summed E-state index contributed by atoms with van der Waals surface area (Å²) < 4.78 is 42.7. The Kier molecular flexibility index (Phi) is 3.61. The average Bonchev–Trinajstić information content (AvgIpc) is 2.79. The van der Waals surface area contributed by atoms with E-state index < -0.39 is 6.36 Å². The first kappa shape index (κ1) is 14.2. The minimum Gasteiger partial charge on any atom is -0.508 e. The van der Waals surface area contributed by atoms with E-state index in [0.717, 1.165) is 12.1 Å². The quantitative estimate of drug-likeness (QED) is 0.935. The first-order valence-corrected chi connectivity index (χ1v) is 5.89. The molecule has 1 aromatic carbocycles. The van der Waals surface area contributed by atoms with Crippen molar-refractivity contribution in [1.82, 2.24) is 9.78 Å². The number of halogens is 3. The summed E-state index contributed by atoms with van der Waals surface area (Å²) >= 11 is 0. The maximum absolute atomic E-state index is 12.4. The number of rotatable bonds is 3. The molecule has 0 unspecified atom stereocenters. The molecule has 1 N–H and O–H groups in total. The number of benzene rings is 1. The van der Waals surface area contributed by atoms with Gasteiger partial charge in [0.15, 0.2) is 0 Å². The van der Waals surface area contributed by atoms with Crippen molar-refractivity contribution in [3.05, 3.63) is 30.6 Å². The van der Waals surface area contributed by atoms with Crippen LogP contribution in [0.4, 0.5) is 13.2 Å². The zero-order valence-electron chi connectivity index (χ0n) is 10.8. The van der Waals surface area contributed by atoms with Gasteiger partial charge in [0.25, 0.3) is 0 Å². The second-order valence-electron chi connectivity index (χ2n) is 4.53. The fraction of sp³-hybridized carbons (Fsp3) is 0.308. The highest BCUT2D eigenvalue weighted by atomic mass is 19.4. The highest BCUT2D eigenvalue weighted by Gasteiger charge is 2.32. The number of aromatic nitrogens is 2. The smallest absolute Gasteiger partial charge is 0.508 e. The van der Waals surface area contributed by atoms with Gasteiger partial charge in [-0.1, -0.05) is 0 Å². The average molecular weight is 286 g/mol. The molecular formula is C13H13F3N2O2. The maximum atomic E-state index is 12.4. The molecule has 20 heavy (non-hydrogen) atoms. The zero-order valence-corrected chi connectivity index (χ0v) is 10.8. The van der Waals surface area contributed by atoms with Gasteiger partial charge in [0, 0.05) is 23.4 Å². The molecule has 7 heteroatoms. The Labute approximate surface area is 113 Å². The van der Waals surface area contributed by atoms with E-state index in [1.807, 2.05) is 13.8 Å². The lowest BCUT2D eigenvalue weighted by atomic mass is 10.1. The molecule has 4 nitrogen and oxygen atoms in total. The van der Waals surface area contributed by atoms with Gasteiger partial charge in [0.2, 0.25) is 0 Å². The van der Waals surface area contributed by atoms with Gasteiger partial charge in [-0.2, -0.15) is 5.10 Å². The van der Waals surface area contributed by atoms with Gasteiger partial charge in [-0.05, 0) is 32.0 Å². The minimum atomic E-state index is -4.79. The Hall–Kier alpha value is -2.18. The van der Waals surface area contributed by atoms with Crippen molar-refractivity contribution in [3.8, 4) is 22.6 Å². The van der Waals surface area contributed by atoms with E-state index in [4.69, 9.17) is 0 Å². The van der Waals surface area contributed by atoms with Crippen LogP contribution in [0.3, 0.4) is 0 Å². The van der Waals surface area contributed by atoms with Crippen LogP contribution in [0, 0.1) is 0 Å². The van der Waals surface area contributed by atoms with Gasteiger partial charge in [-0.3, -0.25) is 4.68 Å². The Morgan fingerprint density at radius 3 is 2.55 bits per heavy atom. The number of ether oxygens (including phenoxy) is 1. The van der Waals surface area contributed by atoms with Crippen molar-refractivity contribution in [3.63, 3.8) is 0 Å². The van der Waals surface area contributed by atoms with Crippen molar-refractivity contribution in [1.29, 1.82) is 0 Å². The van der Waals surface area contributed by atoms with E-state index in [0.29, 0.717) is 5.56 Å². The number of hydrogen-bond acceptors (Lipinski definition) is 3. The summed E-state index contributed by atoms with van der Waals surface area (Å²) in [6.45, 7) is 3.79. The fourth-order valence-electron chi connectivity index (χ4n) is 1.72. The highest BCUT2D eigenvalue weighted by Crippen LogP contribution is 2.36. The molecule has 1 heterocycles. The molecule has 0 radical (unpaired) electrons. The Morgan fingerprint density at radius 2 is 2.00 bits per heavy atom. The molecular weight excluding hydrogens is 273 g/mol. The molecule has 1 aromatic heterocycles. The summed E-state index contributed by atoms with van der Waals surface area (Å²) in [7, 11) is 0. The van der Waals surface area contributed by atoms with E-state index in [1.54, 1.807) is 10.9 Å². The normalized spacial score (nSPS) is 11.9. The van der Waals surface area contributed by atoms with Crippen molar-refractivity contribution in [2.45, 2.75) is 26.3 Å². The number of alkyl halides is 3. The molecule has 2 rings (SSSR count). The fourth-order valence-corrected chi connectivity index (χ4v) is 1.72. The molecule has 0 spiro atoms. The third-order valence-corrected chi connectivity index (χ3v) is 2.63. The van der Waals surface area contributed by atoms with Gasteiger partial charge < -0.3 is 9.84 Å². The standard InChI is InChI=1S/C13H13F3N2O2/c1-8(2)18-7-9(6-17-18)11-5-10(19)3-4-12(11)20-13(14,15)16/h3-8,19H,1-2H3. The number of hydrogen-bond donors (Lipinski definition) is 1. The van der Waals surface area contributed by atoms with E-state index in [2.05, 4.69) is 9.84 Å². The molecule has 0 aliphatic rings. The summed E-state index contributed by atoms with van der Waals surface area (Å²) in [5.41, 5.74) is 0.572. The van der Waals surface area contributed by atoms with Crippen molar-refractivity contribution >= 4 is 0 Å². The third-order valence-electron chi connectivity index (χ3n) is 2.63. The largest absolute Gasteiger partial charge is 0.573 e. The lowest BCUT2D eigenvalue weighted by Gasteiger charge is -2.12. The molecule has 108 valence electrons. The number of phenolic OH excluding ortho intramolecular Hbond substituents is 1. The molecule has 0 aliphatic carbocycles. The van der Waals surface area contributed by atoms with Crippen LogP contribution in [0.5, 0.6) is 11.5 Å². The predicted octanol–water partition coefficient (Wildman–Crippen LogP) is 3.74. The molecule has 0 amide bonds. The molecule has 0 atom stereocenters. The number of phenols is 1.